The van der Waals surface area contributed by atoms with E-state index in [0.717, 1.165) is 23.1 Å². The molecule has 5 nitrogen and oxygen atoms in total. The molecule has 1 amide bonds. The van der Waals surface area contributed by atoms with Crippen molar-refractivity contribution in [2.24, 2.45) is 0 Å². The number of carbonyl (C=O) groups is 1. The summed E-state index contributed by atoms with van der Waals surface area (Å²) in [6, 6.07) is 9.23. The summed E-state index contributed by atoms with van der Waals surface area (Å²) < 4.78 is 5.87. The molecule has 1 aliphatic rings. The number of pyridine rings is 1. The van der Waals surface area contributed by atoms with Crippen molar-refractivity contribution in [2.45, 2.75) is 13.0 Å². The Morgan fingerprint density at radius 2 is 2.28 bits per heavy atom. The van der Waals surface area contributed by atoms with Crippen LogP contribution >= 0.6 is 11.6 Å². The van der Waals surface area contributed by atoms with Crippen LogP contribution in [0, 0.1) is 6.92 Å². The average molecular weight is 356 g/mol. The number of piperazine rings is 1. The number of amides is 1. The van der Waals surface area contributed by atoms with Crippen LogP contribution in [0.2, 0.25) is 5.02 Å². The maximum atomic E-state index is 13.2. The van der Waals surface area contributed by atoms with Gasteiger partial charge < -0.3 is 14.6 Å². The van der Waals surface area contributed by atoms with Gasteiger partial charge in [0.05, 0.1) is 6.04 Å². The molecule has 1 aliphatic heterocycles. The van der Waals surface area contributed by atoms with Gasteiger partial charge >= 0.3 is 0 Å². The third kappa shape index (κ3) is 2.90. The van der Waals surface area contributed by atoms with Gasteiger partial charge in [-0.25, -0.2) is 0 Å². The Hall–Kier alpha value is -2.37. The van der Waals surface area contributed by atoms with Gasteiger partial charge in [0, 0.05) is 48.0 Å². The van der Waals surface area contributed by atoms with E-state index in [2.05, 4.69) is 10.3 Å². The van der Waals surface area contributed by atoms with Gasteiger partial charge in [0.2, 0.25) is 0 Å². The molecule has 1 aromatic carbocycles. The standard InChI is InChI=1S/C19H18ClN3O2/c1-12-15-9-14(20)4-5-17(15)25-18(12)19(24)23-8-7-22-11-16(23)13-3-2-6-21-10-13/h2-6,9-10,16,22H,7-8,11H2,1H3. The van der Waals surface area contributed by atoms with Crippen LogP contribution in [0.5, 0.6) is 0 Å². The summed E-state index contributed by atoms with van der Waals surface area (Å²) in [6.07, 6.45) is 3.54. The third-order valence-electron chi connectivity index (χ3n) is 4.67. The van der Waals surface area contributed by atoms with Crippen molar-refractivity contribution < 1.29 is 9.21 Å². The molecule has 2 aromatic heterocycles. The molecule has 3 aromatic rings. The fourth-order valence-corrected chi connectivity index (χ4v) is 3.52. The highest BCUT2D eigenvalue weighted by Gasteiger charge is 2.31. The molecule has 0 spiro atoms. The Kier molecular flexibility index (Phi) is 4.19. The van der Waals surface area contributed by atoms with Crippen LogP contribution in [0.1, 0.15) is 27.7 Å². The van der Waals surface area contributed by atoms with Gasteiger partial charge in [0.1, 0.15) is 5.58 Å². The van der Waals surface area contributed by atoms with Crippen LogP contribution < -0.4 is 5.32 Å². The molecule has 3 heterocycles. The van der Waals surface area contributed by atoms with Gasteiger partial charge in [0.25, 0.3) is 5.91 Å². The number of aromatic nitrogens is 1. The minimum atomic E-state index is -0.0971. The van der Waals surface area contributed by atoms with E-state index >= 15 is 0 Å². The Morgan fingerprint density at radius 1 is 1.40 bits per heavy atom. The summed E-state index contributed by atoms with van der Waals surface area (Å²) in [7, 11) is 0. The normalized spacial score (nSPS) is 17.8. The number of nitrogens with zero attached hydrogens (tertiary/aromatic N) is 2. The second-order valence-electron chi connectivity index (χ2n) is 6.20. The second-order valence-corrected chi connectivity index (χ2v) is 6.64. The highest BCUT2D eigenvalue weighted by Crippen LogP contribution is 2.31. The molecule has 1 N–H and O–H groups in total. The molecule has 25 heavy (non-hydrogen) atoms. The molecule has 1 saturated heterocycles. The van der Waals surface area contributed by atoms with Gasteiger partial charge in [-0.1, -0.05) is 17.7 Å². The molecule has 0 saturated carbocycles. The summed E-state index contributed by atoms with van der Waals surface area (Å²) in [5.74, 6) is 0.285. The maximum Gasteiger partial charge on any atom is 0.290 e. The lowest BCUT2D eigenvalue weighted by Crippen LogP contribution is -2.48. The first-order valence-electron chi connectivity index (χ1n) is 8.25. The fraction of sp³-hybridized carbons (Fsp3) is 0.263. The van der Waals surface area contributed by atoms with Gasteiger partial charge in [-0.05, 0) is 36.8 Å². The number of benzene rings is 1. The monoisotopic (exact) mass is 355 g/mol. The molecule has 0 bridgehead atoms. The van der Waals surface area contributed by atoms with Crippen molar-refractivity contribution in [1.82, 2.24) is 15.2 Å². The molecule has 1 fully saturated rings. The van der Waals surface area contributed by atoms with Crippen molar-refractivity contribution in [2.75, 3.05) is 19.6 Å². The van der Waals surface area contributed by atoms with Gasteiger partial charge in [-0.2, -0.15) is 0 Å². The Balaban J connectivity index is 1.72. The van der Waals surface area contributed by atoms with E-state index in [1.165, 1.54) is 0 Å². The molecule has 4 rings (SSSR count). The quantitative estimate of drug-likeness (QED) is 0.763. The third-order valence-corrected chi connectivity index (χ3v) is 4.90. The minimum absolute atomic E-state index is 0.0637. The van der Waals surface area contributed by atoms with Crippen molar-refractivity contribution in [3.8, 4) is 0 Å². The summed E-state index contributed by atoms with van der Waals surface area (Å²) in [5, 5.41) is 4.86. The van der Waals surface area contributed by atoms with Crippen molar-refractivity contribution in [1.29, 1.82) is 0 Å². The summed E-state index contributed by atoms with van der Waals surface area (Å²) >= 11 is 6.08. The number of hydrogen-bond donors (Lipinski definition) is 1. The smallest absolute Gasteiger partial charge is 0.290 e. The lowest BCUT2D eigenvalue weighted by molar-refractivity contribution is 0.0602. The number of hydrogen-bond acceptors (Lipinski definition) is 4. The van der Waals surface area contributed by atoms with E-state index in [-0.39, 0.29) is 11.9 Å². The van der Waals surface area contributed by atoms with Crippen LogP contribution in [0.15, 0.2) is 47.1 Å². The largest absolute Gasteiger partial charge is 0.451 e. The highest BCUT2D eigenvalue weighted by atomic mass is 35.5. The number of furan rings is 1. The molecular weight excluding hydrogens is 338 g/mol. The summed E-state index contributed by atoms with van der Waals surface area (Å²) in [4.78, 5) is 19.3. The van der Waals surface area contributed by atoms with E-state index in [0.29, 0.717) is 29.5 Å². The maximum absolute atomic E-state index is 13.2. The summed E-state index contributed by atoms with van der Waals surface area (Å²) in [5.41, 5.74) is 2.52. The van der Waals surface area contributed by atoms with Crippen LogP contribution in [0.25, 0.3) is 11.0 Å². The molecule has 128 valence electrons. The van der Waals surface area contributed by atoms with E-state index in [1.807, 2.05) is 36.2 Å². The molecule has 6 heteroatoms. The Labute approximate surface area is 150 Å². The lowest BCUT2D eigenvalue weighted by Gasteiger charge is -2.36. The zero-order valence-corrected chi connectivity index (χ0v) is 14.6. The van der Waals surface area contributed by atoms with Gasteiger partial charge in [-0.3, -0.25) is 9.78 Å². The average Bonchev–Trinajstić information content (AvgIpc) is 2.98. The predicted octanol–water partition coefficient (Wildman–Crippen LogP) is 3.58. The van der Waals surface area contributed by atoms with Crippen molar-refractivity contribution in [3.63, 3.8) is 0 Å². The van der Waals surface area contributed by atoms with E-state index in [4.69, 9.17) is 16.0 Å². The van der Waals surface area contributed by atoms with Crippen molar-refractivity contribution in [3.05, 3.63) is 64.6 Å². The number of aryl methyl sites for hydroxylation is 1. The molecule has 1 atom stereocenters. The van der Waals surface area contributed by atoms with Crippen LogP contribution in [0.3, 0.4) is 0 Å². The number of halogens is 1. The fourth-order valence-electron chi connectivity index (χ4n) is 3.35. The van der Waals surface area contributed by atoms with E-state index in [1.54, 1.807) is 18.3 Å². The number of nitrogens with one attached hydrogen (secondary N) is 1. The molecule has 0 aliphatic carbocycles. The molecular formula is C19H18ClN3O2. The Morgan fingerprint density at radius 3 is 3.08 bits per heavy atom. The van der Waals surface area contributed by atoms with Gasteiger partial charge in [0.15, 0.2) is 5.76 Å². The van der Waals surface area contributed by atoms with Crippen LogP contribution in [-0.4, -0.2) is 35.4 Å². The zero-order chi connectivity index (χ0) is 17.4. The first-order chi connectivity index (χ1) is 12.1. The molecule has 1 unspecified atom stereocenters. The van der Waals surface area contributed by atoms with E-state index in [9.17, 15) is 4.79 Å². The highest BCUT2D eigenvalue weighted by molar-refractivity contribution is 6.31. The summed E-state index contributed by atoms with van der Waals surface area (Å²) in [6.45, 7) is 3.97. The SMILES string of the molecule is Cc1c(C(=O)N2CCNCC2c2cccnc2)oc2ccc(Cl)cc12. The molecule has 0 radical (unpaired) electrons. The van der Waals surface area contributed by atoms with Crippen LogP contribution in [-0.2, 0) is 0 Å². The predicted molar refractivity (Wildman–Crippen MR) is 96.8 cm³/mol. The van der Waals surface area contributed by atoms with Crippen molar-refractivity contribution >= 4 is 28.5 Å². The number of rotatable bonds is 2. The van der Waals surface area contributed by atoms with Crippen LogP contribution in [0.4, 0.5) is 0 Å². The Bertz CT molecular complexity index is 923. The topological polar surface area (TPSA) is 58.4 Å². The van der Waals surface area contributed by atoms with E-state index < -0.39 is 0 Å². The van der Waals surface area contributed by atoms with Gasteiger partial charge in [-0.15, -0.1) is 0 Å². The lowest BCUT2D eigenvalue weighted by atomic mass is 10.0. The second kappa shape index (κ2) is 6.50. The number of carbonyl (C=O) groups excluding carboxylic acids is 1. The minimum Gasteiger partial charge on any atom is -0.451 e. The first kappa shape index (κ1) is 16.1. The zero-order valence-electron chi connectivity index (χ0n) is 13.8. The number of fused-ring (bicyclic) bond motifs is 1. The first-order valence-corrected chi connectivity index (χ1v) is 8.63.